The number of carbonyl (C=O) groups excluding carboxylic acids is 1. The Morgan fingerprint density at radius 2 is 2.04 bits per heavy atom. The number of rotatable bonds is 4. The number of nitrogens with zero attached hydrogens (tertiary/aromatic N) is 4. The van der Waals surface area contributed by atoms with Crippen LogP contribution in [0.25, 0.3) is 16.6 Å². The van der Waals surface area contributed by atoms with Gasteiger partial charge in [0, 0.05) is 24.0 Å². The lowest BCUT2D eigenvalue weighted by Gasteiger charge is -2.26. The minimum Gasteiger partial charge on any atom is -0.381 e. The lowest BCUT2D eigenvalue weighted by atomic mass is 9.82. The summed E-state index contributed by atoms with van der Waals surface area (Å²) in [6.45, 7) is 2.08. The molecule has 1 fully saturated rings. The fraction of sp³-hybridized carbons (Fsp3) is 0.474. The van der Waals surface area contributed by atoms with E-state index in [-0.39, 0.29) is 11.7 Å². The third kappa shape index (κ3) is 2.80. The Balaban J connectivity index is 1.69. The third-order valence-corrected chi connectivity index (χ3v) is 5.39. The summed E-state index contributed by atoms with van der Waals surface area (Å²) in [6, 6.07) is 7.94. The normalized spacial score (nSPS) is 21.0. The first-order valence-electron chi connectivity index (χ1n) is 8.92. The molecule has 130 valence electrons. The van der Waals surface area contributed by atoms with Crippen molar-refractivity contribution < 1.29 is 9.53 Å². The minimum absolute atomic E-state index is 0.103. The first-order chi connectivity index (χ1) is 12.2. The summed E-state index contributed by atoms with van der Waals surface area (Å²) >= 11 is 0. The van der Waals surface area contributed by atoms with E-state index < -0.39 is 0 Å². The van der Waals surface area contributed by atoms with Crippen molar-refractivity contribution in [3.63, 3.8) is 0 Å². The van der Waals surface area contributed by atoms with E-state index >= 15 is 0 Å². The number of aromatic nitrogens is 4. The van der Waals surface area contributed by atoms with E-state index in [9.17, 15) is 4.79 Å². The second kappa shape index (κ2) is 6.52. The molecule has 1 aliphatic carbocycles. The summed E-state index contributed by atoms with van der Waals surface area (Å²) in [4.78, 5) is 12.9. The van der Waals surface area contributed by atoms with Gasteiger partial charge >= 0.3 is 0 Å². The lowest BCUT2D eigenvalue weighted by Crippen LogP contribution is -2.25. The van der Waals surface area contributed by atoms with Gasteiger partial charge in [-0.25, -0.2) is 0 Å². The van der Waals surface area contributed by atoms with Crippen LogP contribution < -0.4 is 0 Å². The van der Waals surface area contributed by atoms with E-state index in [1.54, 1.807) is 11.6 Å². The van der Waals surface area contributed by atoms with E-state index in [2.05, 4.69) is 28.5 Å². The highest BCUT2D eigenvalue weighted by Gasteiger charge is 2.27. The van der Waals surface area contributed by atoms with Crippen molar-refractivity contribution in [1.29, 1.82) is 0 Å². The molecule has 0 radical (unpaired) electrons. The van der Waals surface area contributed by atoms with Crippen LogP contribution in [0.4, 0.5) is 0 Å². The number of ether oxygens (including phenoxy) is 1. The average molecular weight is 338 g/mol. The van der Waals surface area contributed by atoms with Crippen molar-refractivity contribution in [2.24, 2.45) is 5.92 Å². The topological polar surface area (TPSA) is 69.4 Å². The summed E-state index contributed by atoms with van der Waals surface area (Å²) in [6.07, 6.45) is 4.89. The molecule has 0 spiro atoms. The second-order valence-corrected chi connectivity index (χ2v) is 6.78. The van der Waals surface area contributed by atoms with Crippen LogP contribution in [-0.4, -0.2) is 39.0 Å². The molecule has 0 N–H and O–H groups in total. The first kappa shape index (κ1) is 16.1. The molecule has 1 aliphatic rings. The summed E-state index contributed by atoms with van der Waals surface area (Å²) in [5, 5.41) is 13.0. The Labute approximate surface area is 146 Å². The number of ketones is 1. The quantitative estimate of drug-likeness (QED) is 0.683. The van der Waals surface area contributed by atoms with Gasteiger partial charge in [-0.2, -0.15) is 4.52 Å². The van der Waals surface area contributed by atoms with E-state index in [0.717, 1.165) is 59.8 Å². The van der Waals surface area contributed by atoms with Crippen molar-refractivity contribution >= 4 is 22.3 Å². The van der Waals surface area contributed by atoms with Crippen LogP contribution in [0.2, 0.25) is 0 Å². The lowest BCUT2D eigenvalue weighted by molar-refractivity contribution is 0.0519. The molecule has 6 heteroatoms. The zero-order valence-corrected chi connectivity index (χ0v) is 14.6. The highest BCUT2D eigenvalue weighted by molar-refractivity contribution is 6.01. The highest BCUT2D eigenvalue weighted by atomic mass is 16.5. The molecule has 0 atom stereocenters. The molecule has 0 aliphatic heterocycles. The van der Waals surface area contributed by atoms with Gasteiger partial charge in [0.25, 0.3) is 0 Å². The predicted molar refractivity (Wildman–Crippen MR) is 94.8 cm³/mol. The molecule has 0 bridgehead atoms. The summed E-state index contributed by atoms with van der Waals surface area (Å²) in [5.74, 6) is 0.345. The van der Waals surface area contributed by atoms with Crippen molar-refractivity contribution in [3.05, 3.63) is 35.4 Å². The zero-order chi connectivity index (χ0) is 17.4. The summed E-state index contributed by atoms with van der Waals surface area (Å²) in [7, 11) is 1.75. The molecule has 0 amide bonds. The number of Topliss-reactive ketones (excluding diaryl/α,β-unsaturated/α-hetero) is 1. The maximum absolute atomic E-state index is 12.9. The molecule has 0 saturated heterocycles. The number of methoxy groups -OCH3 is 1. The standard InChI is InChI=1S/C19H22N4O2/c1-3-12-10-15-11-14(6-9-17(15)23-19(12)20-21-22-23)18(24)13-4-7-16(25-2)8-5-13/h6,9-11,13,16H,3-5,7-8H2,1-2H3. The number of pyridine rings is 1. The van der Waals surface area contributed by atoms with E-state index in [1.165, 1.54) is 0 Å². The van der Waals surface area contributed by atoms with Gasteiger partial charge in [-0.15, -0.1) is 5.10 Å². The van der Waals surface area contributed by atoms with Crippen molar-refractivity contribution in [2.75, 3.05) is 7.11 Å². The van der Waals surface area contributed by atoms with Crippen LogP contribution in [0.3, 0.4) is 0 Å². The number of carbonyl (C=O) groups is 1. The molecule has 2 heterocycles. The Bertz CT molecular complexity index is 926. The van der Waals surface area contributed by atoms with Gasteiger partial charge < -0.3 is 4.74 Å². The summed E-state index contributed by atoms with van der Waals surface area (Å²) in [5.41, 5.74) is 3.58. The van der Waals surface area contributed by atoms with Crippen molar-refractivity contribution in [3.8, 4) is 0 Å². The summed E-state index contributed by atoms with van der Waals surface area (Å²) < 4.78 is 7.16. The van der Waals surface area contributed by atoms with Crippen LogP contribution >= 0.6 is 0 Å². The van der Waals surface area contributed by atoms with Gasteiger partial charge in [0.05, 0.1) is 11.6 Å². The number of aryl methyl sites for hydroxylation is 1. The van der Waals surface area contributed by atoms with Gasteiger partial charge in [-0.1, -0.05) is 6.92 Å². The fourth-order valence-electron chi connectivity index (χ4n) is 3.87. The van der Waals surface area contributed by atoms with Crippen LogP contribution in [0.15, 0.2) is 24.3 Å². The molecule has 6 nitrogen and oxygen atoms in total. The molecule has 4 rings (SSSR count). The van der Waals surface area contributed by atoms with Crippen molar-refractivity contribution in [2.45, 2.75) is 45.1 Å². The second-order valence-electron chi connectivity index (χ2n) is 6.78. The number of benzene rings is 1. The predicted octanol–water partition coefficient (Wildman–Crippen LogP) is 3.23. The zero-order valence-electron chi connectivity index (χ0n) is 14.6. The molecule has 1 aromatic carbocycles. The molecule has 3 aromatic rings. The Morgan fingerprint density at radius 3 is 2.76 bits per heavy atom. The van der Waals surface area contributed by atoms with Crippen LogP contribution in [-0.2, 0) is 11.2 Å². The van der Waals surface area contributed by atoms with E-state index in [4.69, 9.17) is 4.74 Å². The molecule has 25 heavy (non-hydrogen) atoms. The number of hydrogen-bond donors (Lipinski definition) is 0. The smallest absolute Gasteiger partial charge is 0.183 e. The number of hydrogen-bond acceptors (Lipinski definition) is 5. The van der Waals surface area contributed by atoms with Gasteiger partial charge in [-0.05, 0) is 72.4 Å². The van der Waals surface area contributed by atoms with Crippen molar-refractivity contribution in [1.82, 2.24) is 20.0 Å². The van der Waals surface area contributed by atoms with Crippen LogP contribution in [0, 0.1) is 5.92 Å². The van der Waals surface area contributed by atoms with Gasteiger partial charge in [-0.3, -0.25) is 4.79 Å². The molecule has 1 saturated carbocycles. The minimum atomic E-state index is 0.103. The fourth-order valence-corrected chi connectivity index (χ4v) is 3.87. The maximum Gasteiger partial charge on any atom is 0.183 e. The SMILES string of the molecule is CCc1cc2cc(C(=O)C3CCC(OC)CC3)ccc2n2nnnc12. The van der Waals surface area contributed by atoms with Crippen LogP contribution in [0.1, 0.15) is 48.5 Å². The number of tetrazole rings is 1. The monoisotopic (exact) mass is 338 g/mol. The molecule has 2 aromatic heterocycles. The Hall–Kier alpha value is -2.34. The average Bonchev–Trinajstić information content (AvgIpc) is 3.16. The molecular formula is C19H22N4O2. The van der Waals surface area contributed by atoms with Gasteiger partial charge in [0.15, 0.2) is 11.4 Å². The molecule has 0 unspecified atom stereocenters. The van der Waals surface area contributed by atoms with Gasteiger partial charge in [0.2, 0.25) is 0 Å². The Morgan fingerprint density at radius 1 is 1.24 bits per heavy atom. The van der Waals surface area contributed by atoms with E-state index in [1.807, 2.05) is 18.2 Å². The Kier molecular flexibility index (Phi) is 4.21. The van der Waals surface area contributed by atoms with Gasteiger partial charge in [0.1, 0.15) is 0 Å². The molecular weight excluding hydrogens is 316 g/mol. The largest absolute Gasteiger partial charge is 0.381 e. The third-order valence-electron chi connectivity index (χ3n) is 5.39. The van der Waals surface area contributed by atoms with Crippen LogP contribution in [0.5, 0.6) is 0 Å². The highest BCUT2D eigenvalue weighted by Crippen LogP contribution is 2.30. The number of fused-ring (bicyclic) bond motifs is 3. The maximum atomic E-state index is 12.9. The van der Waals surface area contributed by atoms with E-state index in [0.29, 0.717) is 6.10 Å². The first-order valence-corrected chi connectivity index (χ1v) is 8.92.